The summed E-state index contributed by atoms with van der Waals surface area (Å²) in [4.78, 5) is 11.3. The number of carboxylic acid groups (broad SMARTS) is 1. The quantitative estimate of drug-likeness (QED) is 0.918. The molecule has 21 heavy (non-hydrogen) atoms. The fraction of sp³-hybridized carbons (Fsp3) is 0.500. The lowest BCUT2D eigenvalue weighted by Crippen LogP contribution is -2.47. The molecule has 1 N–H and O–H groups in total. The normalized spacial score (nSPS) is 15.4. The van der Waals surface area contributed by atoms with Gasteiger partial charge in [0.05, 0.1) is 11.3 Å². The Morgan fingerprint density at radius 2 is 2.05 bits per heavy atom. The van der Waals surface area contributed by atoms with Gasteiger partial charge in [-0.15, -0.1) is 0 Å². The lowest BCUT2D eigenvalue weighted by atomic mass is 9.98. The molecule has 2 rings (SSSR count). The van der Waals surface area contributed by atoms with E-state index in [-0.39, 0.29) is 11.6 Å². The zero-order valence-electron chi connectivity index (χ0n) is 12.4. The van der Waals surface area contributed by atoms with Crippen LogP contribution in [0.25, 0.3) is 0 Å². The molecule has 7 heteroatoms. The SMILES string of the molecule is CC(C)N(C)S(=O)(=O)N1CCCc2c(C(=O)O)cccc21. The van der Waals surface area contributed by atoms with Crippen molar-refractivity contribution < 1.29 is 18.3 Å². The fourth-order valence-corrected chi connectivity index (χ4v) is 4.08. The van der Waals surface area contributed by atoms with E-state index < -0.39 is 16.2 Å². The summed E-state index contributed by atoms with van der Waals surface area (Å²) in [6, 6.07) is 4.62. The van der Waals surface area contributed by atoms with Gasteiger partial charge in [0, 0.05) is 19.6 Å². The highest BCUT2D eigenvalue weighted by Gasteiger charge is 2.33. The summed E-state index contributed by atoms with van der Waals surface area (Å²) in [7, 11) is -2.11. The Morgan fingerprint density at radius 1 is 1.38 bits per heavy atom. The number of benzene rings is 1. The highest BCUT2D eigenvalue weighted by atomic mass is 32.2. The minimum atomic E-state index is -3.64. The molecule has 0 atom stereocenters. The second kappa shape index (κ2) is 5.65. The number of anilines is 1. The molecule has 0 fully saturated rings. The van der Waals surface area contributed by atoms with Crippen LogP contribution in [-0.4, -0.2) is 43.4 Å². The van der Waals surface area contributed by atoms with Crippen LogP contribution in [0.4, 0.5) is 5.69 Å². The van der Waals surface area contributed by atoms with Crippen molar-refractivity contribution in [3.05, 3.63) is 29.3 Å². The van der Waals surface area contributed by atoms with Crippen molar-refractivity contribution in [3.8, 4) is 0 Å². The van der Waals surface area contributed by atoms with Gasteiger partial charge in [0.1, 0.15) is 0 Å². The van der Waals surface area contributed by atoms with Crippen LogP contribution < -0.4 is 4.31 Å². The van der Waals surface area contributed by atoms with E-state index in [1.54, 1.807) is 26.0 Å². The molecule has 0 aromatic heterocycles. The number of nitrogens with zero attached hydrogens (tertiary/aromatic N) is 2. The van der Waals surface area contributed by atoms with Gasteiger partial charge in [-0.1, -0.05) is 6.07 Å². The Labute approximate surface area is 125 Å². The minimum Gasteiger partial charge on any atom is -0.478 e. The standard InChI is InChI=1S/C14H20N2O4S/c1-10(2)15(3)21(19,20)16-9-5-7-11-12(14(17)18)6-4-8-13(11)16/h4,6,8,10H,5,7,9H2,1-3H3,(H,17,18). The van der Waals surface area contributed by atoms with Gasteiger partial charge < -0.3 is 5.11 Å². The van der Waals surface area contributed by atoms with Crippen LogP contribution in [0.15, 0.2) is 18.2 Å². The first-order chi connectivity index (χ1) is 9.76. The van der Waals surface area contributed by atoms with E-state index in [4.69, 9.17) is 0 Å². The van der Waals surface area contributed by atoms with Gasteiger partial charge in [-0.2, -0.15) is 12.7 Å². The molecule has 0 saturated carbocycles. The van der Waals surface area contributed by atoms with Crippen molar-refractivity contribution in [1.29, 1.82) is 0 Å². The monoisotopic (exact) mass is 312 g/mol. The predicted molar refractivity (Wildman–Crippen MR) is 80.9 cm³/mol. The van der Waals surface area contributed by atoms with Gasteiger partial charge in [0.2, 0.25) is 0 Å². The van der Waals surface area contributed by atoms with Gasteiger partial charge >= 0.3 is 16.2 Å². The van der Waals surface area contributed by atoms with Crippen molar-refractivity contribution in [2.45, 2.75) is 32.7 Å². The van der Waals surface area contributed by atoms with Crippen LogP contribution in [0.1, 0.15) is 36.2 Å². The molecule has 1 aliphatic rings. The first-order valence-electron chi connectivity index (χ1n) is 6.87. The molecule has 1 aromatic rings. The van der Waals surface area contributed by atoms with Gasteiger partial charge in [-0.3, -0.25) is 4.31 Å². The van der Waals surface area contributed by atoms with Crippen LogP contribution in [-0.2, 0) is 16.6 Å². The largest absolute Gasteiger partial charge is 0.478 e. The van der Waals surface area contributed by atoms with Crippen LogP contribution >= 0.6 is 0 Å². The van der Waals surface area contributed by atoms with Crippen molar-refractivity contribution in [3.63, 3.8) is 0 Å². The van der Waals surface area contributed by atoms with Crippen molar-refractivity contribution in [2.75, 3.05) is 17.9 Å². The molecule has 0 spiro atoms. The minimum absolute atomic E-state index is 0.164. The van der Waals surface area contributed by atoms with E-state index in [9.17, 15) is 18.3 Å². The molecule has 0 bridgehead atoms. The highest BCUT2D eigenvalue weighted by molar-refractivity contribution is 7.90. The zero-order chi connectivity index (χ0) is 15.8. The summed E-state index contributed by atoms with van der Waals surface area (Å²) in [5.41, 5.74) is 1.25. The maximum absolute atomic E-state index is 12.7. The lowest BCUT2D eigenvalue weighted by molar-refractivity contribution is 0.0695. The number of hydrogen-bond donors (Lipinski definition) is 1. The summed E-state index contributed by atoms with van der Waals surface area (Å²) in [5, 5.41) is 9.25. The molecular weight excluding hydrogens is 292 g/mol. The summed E-state index contributed by atoms with van der Waals surface area (Å²) in [6.45, 7) is 3.97. The van der Waals surface area contributed by atoms with E-state index in [0.717, 1.165) is 0 Å². The third-order valence-electron chi connectivity index (χ3n) is 3.81. The van der Waals surface area contributed by atoms with Crippen molar-refractivity contribution in [2.24, 2.45) is 0 Å². The summed E-state index contributed by atoms with van der Waals surface area (Å²) in [6.07, 6.45) is 1.19. The Kier molecular flexibility index (Phi) is 4.25. The van der Waals surface area contributed by atoms with Crippen LogP contribution in [0.5, 0.6) is 0 Å². The summed E-state index contributed by atoms with van der Waals surface area (Å²) < 4.78 is 28.0. The lowest BCUT2D eigenvalue weighted by Gasteiger charge is -2.35. The first kappa shape index (κ1) is 15.8. The molecule has 0 aliphatic carbocycles. The Hall–Kier alpha value is -1.60. The second-order valence-corrected chi connectivity index (χ2v) is 7.31. The van der Waals surface area contributed by atoms with Crippen LogP contribution in [0.2, 0.25) is 0 Å². The van der Waals surface area contributed by atoms with Crippen LogP contribution in [0, 0.1) is 0 Å². The summed E-state index contributed by atoms with van der Waals surface area (Å²) >= 11 is 0. The van der Waals surface area contributed by atoms with E-state index in [1.165, 1.54) is 21.7 Å². The highest BCUT2D eigenvalue weighted by Crippen LogP contribution is 2.32. The molecule has 116 valence electrons. The zero-order valence-corrected chi connectivity index (χ0v) is 13.2. The molecule has 1 heterocycles. The maximum atomic E-state index is 12.7. The molecule has 1 aliphatic heterocycles. The third-order valence-corrected chi connectivity index (χ3v) is 5.89. The van der Waals surface area contributed by atoms with E-state index in [0.29, 0.717) is 30.6 Å². The Balaban J connectivity index is 2.53. The molecular formula is C14H20N2O4S. The molecule has 1 aromatic carbocycles. The fourth-order valence-electron chi connectivity index (χ4n) is 2.45. The topological polar surface area (TPSA) is 77.9 Å². The molecule has 0 saturated heterocycles. The number of carbonyl (C=O) groups is 1. The number of fused-ring (bicyclic) bond motifs is 1. The second-order valence-electron chi connectivity index (χ2n) is 5.40. The van der Waals surface area contributed by atoms with Crippen LogP contribution in [0.3, 0.4) is 0 Å². The van der Waals surface area contributed by atoms with Crippen molar-refractivity contribution in [1.82, 2.24) is 4.31 Å². The van der Waals surface area contributed by atoms with E-state index in [2.05, 4.69) is 0 Å². The molecule has 0 radical (unpaired) electrons. The third kappa shape index (κ3) is 2.75. The maximum Gasteiger partial charge on any atom is 0.336 e. The van der Waals surface area contributed by atoms with Gasteiger partial charge in [0.25, 0.3) is 0 Å². The molecule has 0 amide bonds. The Morgan fingerprint density at radius 3 is 2.62 bits per heavy atom. The number of aromatic carboxylic acids is 1. The average Bonchev–Trinajstić information content (AvgIpc) is 2.44. The Bertz CT molecular complexity index is 655. The smallest absolute Gasteiger partial charge is 0.336 e. The first-order valence-corrected chi connectivity index (χ1v) is 8.27. The summed E-state index contributed by atoms with van der Waals surface area (Å²) in [5.74, 6) is -1.02. The van der Waals surface area contributed by atoms with E-state index >= 15 is 0 Å². The molecule has 0 unspecified atom stereocenters. The van der Waals surface area contributed by atoms with E-state index in [1.807, 2.05) is 0 Å². The average molecular weight is 312 g/mol. The van der Waals surface area contributed by atoms with Crippen molar-refractivity contribution >= 4 is 21.9 Å². The van der Waals surface area contributed by atoms with Gasteiger partial charge in [0.15, 0.2) is 0 Å². The number of hydrogen-bond acceptors (Lipinski definition) is 3. The number of rotatable bonds is 4. The van der Waals surface area contributed by atoms with Gasteiger partial charge in [-0.25, -0.2) is 4.79 Å². The van der Waals surface area contributed by atoms with Gasteiger partial charge in [-0.05, 0) is 44.4 Å². The predicted octanol–water partition coefficient (Wildman–Crippen LogP) is 1.72. The molecule has 6 nitrogen and oxygen atoms in total. The number of carboxylic acids is 1.